The van der Waals surface area contributed by atoms with E-state index in [1.165, 1.54) is 5.57 Å². The summed E-state index contributed by atoms with van der Waals surface area (Å²) >= 11 is 0. The number of nitrogens with two attached hydrogens (primary N) is 1. The molecule has 0 aliphatic heterocycles. The summed E-state index contributed by atoms with van der Waals surface area (Å²) in [6.07, 6.45) is 1.90. The van der Waals surface area contributed by atoms with Crippen molar-refractivity contribution in [2.45, 2.75) is 13.8 Å². The summed E-state index contributed by atoms with van der Waals surface area (Å²) < 4.78 is 0. The van der Waals surface area contributed by atoms with E-state index in [-0.39, 0.29) is 0 Å². The SMILES string of the molecule is CC(C)=CC[NH2+][O-]. The maximum absolute atomic E-state index is 9.66. The lowest BCUT2D eigenvalue weighted by molar-refractivity contribution is -0.578. The molecule has 2 nitrogen and oxygen atoms in total. The molecule has 0 amide bonds. The molecule has 0 spiro atoms. The number of hydroxylamine groups is 1. The van der Waals surface area contributed by atoms with Crippen LogP contribution >= 0.6 is 0 Å². The van der Waals surface area contributed by atoms with E-state index in [2.05, 4.69) is 0 Å². The van der Waals surface area contributed by atoms with Crippen molar-refractivity contribution in [2.24, 2.45) is 0 Å². The molecule has 0 bridgehead atoms. The Kier molecular flexibility index (Phi) is 3.65. The van der Waals surface area contributed by atoms with Gasteiger partial charge in [-0.2, -0.15) is 0 Å². The second kappa shape index (κ2) is 3.84. The number of rotatable bonds is 2. The Bertz CT molecular complexity index is 64.5. The second-order valence-corrected chi connectivity index (χ2v) is 1.68. The molecule has 0 atom stereocenters. The largest absolute Gasteiger partial charge is 0.636 e. The van der Waals surface area contributed by atoms with Crippen LogP contribution in [0.3, 0.4) is 0 Å². The van der Waals surface area contributed by atoms with Crippen molar-refractivity contribution < 1.29 is 5.48 Å². The molecule has 0 aliphatic rings. The first-order valence-electron chi connectivity index (χ1n) is 2.34. The van der Waals surface area contributed by atoms with E-state index in [1.54, 1.807) is 0 Å². The molecule has 42 valence electrons. The lowest BCUT2D eigenvalue weighted by Crippen LogP contribution is -2.76. The van der Waals surface area contributed by atoms with E-state index in [1.807, 2.05) is 19.9 Å². The molecule has 0 aromatic heterocycles. The topological polar surface area (TPSA) is 39.7 Å². The molecule has 0 fully saturated rings. The Hall–Kier alpha value is -0.340. The first-order valence-corrected chi connectivity index (χ1v) is 2.34. The minimum Gasteiger partial charge on any atom is -0.636 e. The van der Waals surface area contributed by atoms with Crippen LogP contribution in [0.2, 0.25) is 0 Å². The van der Waals surface area contributed by atoms with E-state index >= 15 is 0 Å². The molecule has 0 heterocycles. The van der Waals surface area contributed by atoms with Crippen LogP contribution in [0.1, 0.15) is 13.8 Å². The summed E-state index contributed by atoms with van der Waals surface area (Å²) in [4.78, 5) is 0. The molecular weight excluding hydrogens is 90.1 g/mol. The van der Waals surface area contributed by atoms with Gasteiger partial charge in [0.05, 0.1) is 6.54 Å². The summed E-state index contributed by atoms with van der Waals surface area (Å²) in [5, 5.41) is 9.66. The molecule has 0 aromatic carbocycles. The van der Waals surface area contributed by atoms with Crippen molar-refractivity contribution in [1.82, 2.24) is 0 Å². The molecule has 0 rings (SSSR count). The Labute approximate surface area is 43.8 Å². The third kappa shape index (κ3) is 5.66. The minimum absolute atomic E-state index is 0.558. The highest BCUT2D eigenvalue weighted by atomic mass is 16.5. The first kappa shape index (κ1) is 6.66. The summed E-state index contributed by atoms with van der Waals surface area (Å²) in [5.41, 5.74) is 2.10. The smallest absolute Gasteiger partial charge is 0.0942 e. The first-order chi connectivity index (χ1) is 3.27. The van der Waals surface area contributed by atoms with E-state index in [0.717, 1.165) is 5.48 Å². The zero-order valence-electron chi connectivity index (χ0n) is 4.77. The van der Waals surface area contributed by atoms with Crippen molar-refractivity contribution in [3.05, 3.63) is 16.9 Å². The fourth-order valence-electron chi connectivity index (χ4n) is 0.284. The zero-order chi connectivity index (χ0) is 5.70. The Morgan fingerprint density at radius 2 is 2.29 bits per heavy atom. The molecule has 0 aromatic rings. The molecule has 0 saturated heterocycles. The van der Waals surface area contributed by atoms with Crippen LogP contribution in [0, 0.1) is 5.21 Å². The zero-order valence-corrected chi connectivity index (χ0v) is 4.77. The molecule has 0 unspecified atom stereocenters. The Morgan fingerprint density at radius 3 is 2.43 bits per heavy atom. The molecule has 2 heteroatoms. The highest BCUT2D eigenvalue weighted by molar-refractivity contribution is 4.91. The monoisotopic (exact) mass is 101 g/mol. The maximum Gasteiger partial charge on any atom is 0.0942 e. The number of allylic oxidation sites excluding steroid dienone is 1. The van der Waals surface area contributed by atoms with Crippen molar-refractivity contribution in [2.75, 3.05) is 6.54 Å². The van der Waals surface area contributed by atoms with Crippen LogP contribution in [-0.2, 0) is 0 Å². The van der Waals surface area contributed by atoms with Crippen LogP contribution in [0.25, 0.3) is 0 Å². The summed E-state index contributed by atoms with van der Waals surface area (Å²) in [6.45, 7) is 4.51. The fourth-order valence-corrected chi connectivity index (χ4v) is 0.284. The van der Waals surface area contributed by atoms with Gasteiger partial charge in [-0.05, 0) is 19.9 Å². The van der Waals surface area contributed by atoms with Crippen LogP contribution < -0.4 is 5.48 Å². The van der Waals surface area contributed by atoms with E-state index in [0.29, 0.717) is 6.54 Å². The van der Waals surface area contributed by atoms with Gasteiger partial charge in [-0.1, -0.05) is 5.57 Å². The van der Waals surface area contributed by atoms with Crippen molar-refractivity contribution in [1.29, 1.82) is 0 Å². The van der Waals surface area contributed by atoms with Gasteiger partial charge in [0.2, 0.25) is 0 Å². The third-order valence-corrected chi connectivity index (χ3v) is 0.622. The number of quaternary nitrogens is 1. The van der Waals surface area contributed by atoms with E-state index < -0.39 is 0 Å². The predicted octanol–water partition coefficient (Wildman–Crippen LogP) is 0.0138. The number of hydrogen-bond donors (Lipinski definition) is 1. The van der Waals surface area contributed by atoms with E-state index in [4.69, 9.17) is 0 Å². The van der Waals surface area contributed by atoms with Crippen LogP contribution in [0.5, 0.6) is 0 Å². The number of hydrogen-bond acceptors (Lipinski definition) is 1. The third-order valence-electron chi connectivity index (χ3n) is 0.622. The van der Waals surface area contributed by atoms with Gasteiger partial charge in [-0.3, -0.25) is 0 Å². The van der Waals surface area contributed by atoms with Gasteiger partial charge < -0.3 is 10.7 Å². The molecular formula is C5H11NO. The molecule has 0 saturated carbocycles. The molecule has 0 radical (unpaired) electrons. The summed E-state index contributed by atoms with van der Waals surface area (Å²) in [7, 11) is 0. The minimum atomic E-state index is 0.558. The highest BCUT2D eigenvalue weighted by Gasteiger charge is 1.72. The van der Waals surface area contributed by atoms with Crippen LogP contribution in [-0.4, -0.2) is 6.54 Å². The average molecular weight is 101 g/mol. The van der Waals surface area contributed by atoms with Gasteiger partial charge in [-0.15, -0.1) is 0 Å². The van der Waals surface area contributed by atoms with Crippen LogP contribution in [0.4, 0.5) is 0 Å². The average Bonchev–Trinajstić information content (AvgIpc) is 1.61. The van der Waals surface area contributed by atoms with Gasteiger partial charge in [0.25, 0.3) is 0 Å². The highest BCUT2D eigenvalue weighted by Crippen LogP contribution is 1.82. The fraction of sp³-hybridized carbons (Fsp3) is 0.600. The van der Waals surface area contributed by atoms with Crippen molar-refractivity contribution in [3.63, 3.8) is 0 Å². The standard InChI is InChI=1S/C5H11NO/c1-5(2)3-4-6-7/h3H,4,6H2,1-2H3. The predicted molar refractivity (Wildman–Crippen MR) is 29.6 cm³/mol. The molecule has 2 N–H and O–H groups in total. The van der Waals surface area contributed by atoms with Gasteiger partial charge in [-0.25, -0.2) is 0 Å². The van der Waals surface area contributed by atoms with Crippen molar-refractivity contribution in [3.8, 4) is 0 Å². The normalized spacial score (nSPS) is 8.43. The Balaban J connectivity index is 3.08. The van der Waals surface area contributed by atoms with Crippen molar-refractivity contribution >= 4 is 0 Å². The Morgan fingerprint density at radius 1 is 1.71 bits per heavy atom. The quantitative estimate of drug-likeness (QED) is 0.386. The van der Waals surface area contributed by atoms with Gasteiger partial charge >= 0.3 is 0 Å². The van der Waals surface area contributed by atoms with Gasteiger partial charge in [0.1, 0.15) is 0 Å². The lowest BCUT2D eigenvalue weighted by atomic mass is 10.3. The molecule has 0 aliphatic carbocycles. The summed E-state index contributed by atoms with van der Waals surface area (Å²) in [6, 6.07) is 0. The lowest BCUT2D eigenvalue weighted by Gasteiger charge is -1.94. The van der Waals surface area contributed by atoms with Crippen LogP contribution in [0.15, 0.2) is 11.6 Å². The van der Waals surface area contributed by atoms with E-state index in [9.17, 15) is 5.21 Å². The van der Waals surface area contributed by atoms with Gasteiger partial charge in [0.15, 0.2) is 0 Å². The maximum atomic E-state index is 9.66. The molecule has 7 heavy (non-hydrogen) atoms. The van der Waals surface area contributed by atoms with Gasteiger partial charge in [0, 0.05) is 0 Å². The summed E-state index contributed by atoms with van der Waals surface area (Å²) in [5.74, 6) is 0. The second-order valence-electron chi connectivity index (χ2n) is 1.68.